The summed E-state index contributed by atoms with van der Waals surface area (Å²) in [5.41, 5.74) is 1.29. The zero-order valence-corrected chi connectivity index (χ0v) is 9.28. The molecule has 0 saturated carbocycles. The Balaban J connectivity index is 2.61. The summed E-state index contributed by atoms with van der Waals surface area (Å²) < 4.78 is 9.70. The second-order valence-electron chi connectivity index (χ2n) is 1.96. The molecule has 0 bridgehead atoms. The molecule has 0 saturated heterocycles. The second kappa shape index (κ2) is 3.90. The second-order valence-corrected chi connectivity index (χ2v) is 4.66. The van der Waals surface area contributed by atoms with Crippen molar-refractivity contribution in [3.63, 3.8) is 0 Å². The minimum absolute atomic E-state index is 0.975. The average molecular weight is 229 g/mol. The molecule has 0 unspecified atom stereocenters. The van der Waals surface area contributed by atoms with Crippen LogP contribution < -0.4 is 0 Å². The van der Waals surface area contributed by atoms with Crippen LogP contribution in [0.4, 0.5) is 0 Å². The molecule has 9 heavy (non-hydrogen) atoms. The van der Waals surface area contributed by atoms with E-state index in [1.807, 2.05) is 18.2 Å². The van der Waals surface area contributed by atoms with Crippen LogP contribution in [0, 0.1) is 0 Å². The van der Waals surface area contributed by atoms with E-state index < -0.39 is 21.6 Å². The summed E-state index contributed by atoms with van der Waals surface area (Å²) >= 11 is -1.31. The molecule has 1 aromatic carbocycles. The first kappa shape index (κ1) is 7.09. The van der Waals surface area contributed by atoms with Crippen LogP contribution in [-0.4, -0.2) is 25.0 Å². The molecule has 0 aliphatic carbocycles. The van der Waals surface area contributed by atoms with Gasteiger partial charge >= 0.3 is 65.3 Å². The molecular formula is C7H10OSn. The fraction of sp³-hybridized carbons (Fsp3) is 0.143. The molecule has 0 aliphatic rings. The molecule has 1 nitrogen and oxygen atoms in total. The van der Waals surface area contributed by atoms with Crippen LogP contribution >= 0.6 is 0 Å². The van der Waals surface area contributed by atoms with Crippen LogP contribution in [-0.2, 0) is 4.44 Å². The maximum atomic E-state index is 8.73. The van der Waals surface area contributed by atoms with E-state index in [1.54, 1.807) is 0 Å². The van der Waals surface area contributed by atoms with Crippen LogP contribution in [0.3, 0.4) is 0 Å². The van der Waals surface area contributed by atoms with Crippen LogP contribution in [0.5, 0.6) is 0 Å². The molecular weight excluding hydrogens is 219 g/mol. The van der Waals surface area contributed by atoms with Gasteiger partial charge in [0, 0.05) is 0 Å². The first-order valence-corrected chi connectivity index (χ1v) is 7.74. The van der Waals surface area contributed by atoms with Gasteiger partial charge in [0.1, 0.15) is 0 Å². The molecule has 48 valence electrons. The Kier molecular flexibility index (Phi) is 3.07. The van der Waals surface area contributed by atoms with Crippen molar-refractivity contribution in [3.8, 4) is 0 Å². The first-order chi connectivity index (χ1) is 4.43. The summed E-state index contributed by atoms with van der Waals surface area (Å²) in [4.78, 5) is 0. The Morgan fingerprint density at radius 3 is 2.44 bits per heavy atom. The fourth-order valence-electron chi connectivity index (χ4n) is 0.774. The average Bonchev–Trinajstić information content (AvgIpc) is 1.91. The quantitative estimate of drug-likeness (QED) is 0.721. The topological polar surface area (TPSA) is 20.2 Å². The summed E-state index contributed by atoms with van der Waals surface area (Å²) in [6, 6.07) is 10.1. The third-order valence-corrected chi connectivity index (χ3v) is 3.53. The van der Waals surface area contributed by atoms with Gasteiger partial charge in [-0.1, -0.05) is 0 Å². The van der Waals surface area contributed by atoms with Gasteiger partial charge < -0.3 is 0 Å². The van der Waals surface area contributed by atoms with Crippen molar-refractivity contribution in [2.45, 2.75) is 4.44 Å². The SMILES string of the molecule is [OH][SnH2][CH2]c1ccccc1. The van der Waals surface area contributed by atoms with Gasteiger partial charge in [-0.25, -0.2) is 0 Å². The van der Waals surface area contributed by atoms with Crippen molar-refractivity contribution in [1.82, 2.24) is 0 Å². The van der Waals surface area contributed by atoms with Crippen LogP contribution in [0.15, 0.2) is 30.3 Å². The Bertz CT molecular complexity index is 162. The summed E-state index contributed by atoms with van der Waals surface area (Å²) in [6.07, 6.45) is 0. The van der Waals surface area contributed by atoms with Crippen molar-refractivity contribution in [2.24, 2.45) is 0 Å². The number of hydrogen-bond donors (Lipinski definition) is 1. The monoisotopic (exact) mass is 230 g/mol. The van der Waals surface area contributed by atoms with Crippen molar-refractivity contribution < 1.29 is 3.44 Å². The molecule has 0 aromatic heterocycles. The van der Waals surface area contributed by atoms with E-state index in [1.165, 1.54) is 5.56 Å². The van der Waals surface area contributed by atoms with Crippen molar-refractivity contribution in [3.05, 3.63) is 35.9 Å². The third-order valence-electron chi connectivity index (χ3n) is 1.24. The van der Waals surface area contributed by atoms with Crippen molar-refractivity contribution >= 4 is 21.6 Å². The van der Waals surface area contributed by atoms with E-state index in [4.69, 9.17) is 3.44 Å². The minimum atomic E-state index is -1.31. The van der Waals surface area contributed by atoms with Gasteiger partial charge in [0.2, 0.25) is 0 Å². The van der Waals surface area contributed by atoms with E-state index in [0.717, 1.165) is 4.44 Å². The van der Waals surface area contributed by atoms with Gasteiger partial charge in [0.15, 0.2) is 0 Å². The van der Waals surface area contributed by atoms with Gasteiger partial charge in [0.25, 0.3) is 0 Å². The van der Waals surface area contributed by atoms with E-state index in [-0.39, 0.29) is 0 Å². The summed E-state index contributed by atoms with van der Waals surface area (Å²) in [5, 5.41) is 0. The number of benzene rings is 1. The zero-order chi connectivity index (χ0) is 6.53. The van der Waals surface area contributed by atoms with Gasteiger partial charge in [-0.3, -0.25) is 0 Å². The molecule has 1 aromatic rings. The molecule has 0 radical (unpaired) electrons. The van der Waals surface area contributed by atoms with Crippen LogP contribution in [0.1, 0.15) is 5.56 Å². The predicted molar refractivity (Wildman–Crippen MR) is 40.9 cm³/mol. The Morgan fingerprint density at radius 1 is 1.22 bits per heavy atom. The van der Waals surface area contributed by atoms with Gasteiger partial charge in [-0.15, -0.1) is 0 Å². The zero-order valence-electron chi connectivity index (χ0n) is 5.25. The summed E-state index contributed by atoms with van der Waals surface area (Å²) in [5.74, 6) is 0. The fourth-order valence-corrected chi connectivity index (χ4v) is 2.46. The molecule has 0 aliphatic heterocycles. The van der Waals surface area contributed by atoms with Crippen LogP contribution in [0.25, 0.3) is 0 Å². The van der Waals surface area contributed by atoms with Crippen LogP contribution in [0.2, 0.25) is 0 Å². The summed E-state index contributed by atoms with van der Waals surface area (Å²) in [6.45, 7) is 0. The van der Waals surface area contributed by atoms with Gasteiger partial charge in [-0.2, -0.15) is 0 Å². The van der Waals surface area contributed by atoms with E-state index in [0.29, 0.717) is 0 Å². The number of hydrogen-bond acceptors (Lipinski definition) is 1. The Hall–Kier alpha value is -0.0213. The predicted octanol–water partition coefficient (Wildman–Crippen LogP) is 0.263. The maximum absolute atomic E-state index is 8.73. The van der Waals surface area contributed by atoms with Gasteiger partial charge in [0.05, 0.1) is 0 Å². The molecule has 0 heterocycles. The van der Waals surface area contributed by atoms with Crippen molar-refractivity contribution in [2.75, 3.05) is 0 Å². The summed E-state index contributed by atoms with van der Waals surface area (Å²) in [7, 11) is 0. The Labute approximate surface area is 65.5 Å². The first-order valence-electron chi connectivity index (χ1n) is 3.08. The van der Waals surface area contributed by atoms with E-state index >= 15 is 0 Å². The third kappa shape index (κ3) is 2.37. The molecule has 0 amide bonds. The molecule has 0 atom stereocenters. The molecule has 1 N–H and O–H groups in total. The molecule has 2 heteroatoms. The Morgan fingerprint density at radius 2 is 1.89 bits per heavy atom. The van der Waals surface area contributed by atoms with Gasteiger partial charge in [-0.05, 0) is 0 Å². The van der Waals surface area contributed by atoms with E-state index in [2.05, 4.69) is 12.1 Å². The normalized spacial score (nSPS) is 10.8. The van der Waals surface area contributed by atoms with Crippen molar-refractivity contribution in [1.29, 1.82) is 0 Å². The number of rotatable bonds is 2. The van der Waals surface area contributed by atoms with E-state index in [9.17, 15) is 0 Å². The molecule has 0 spiro atoms. The standard InChI is InChI=1S/C7H7.H2O.Sn.2H/c1-7-5-3-2-4-6-7;;;;/h2-6H,1H2;1H2;;;/q;;+1;;/p-1. The molecule has 0 fully saturated rings. The molecule has 1 rings (SSSR count).